The van der Waals surface area contributed by atoms with Crippen molar-refractivity contribution in [2.24, 2.45) is 0 Å². The Kier molecular flexibility index (Phi) is 6.34. The number of hydrogen-bond donors (Lipinski definition) is 0. The second-order valence-corrected chi connectivity index (χ2v) is 7.37. The summed E-state index contributed by atoms with van der Waals surface area (Å²) in [4.78, 5) is 13.6. The number of ether oxygens (including phenoxy) is 4. The highest BCUT2D eigenvalue weighted by molar-refractivity contribution is 9.10. The molecule has 0 bridgehead atoms. The molecule has 0 N–H and O–H groups in total. The zero-order valence-electron chi connectivity index (χ0n) is 16.5. The Morgan fingerprint density at radius 1 is 0.964 bits per heavy atom. The van der Waals surface area contributed by atoms with Gasteiger partial charge in [-0.05, 0) is 53.8 Å². The first kappa shape index (κ1) is 20.3. The van der Waals surface area contributed by atoms with E-state index < -0.39 is 0 Å². The van der Waals surface area contributed by atoms with Crippen LogP contribution in [0, 0.1) is 0 Å². The fraction of sp³-hybridized carbons (Fsp3) is 0.381. The van der Waals surface area contributed by atoms with Crippen LogP contribution in [0.3, 0.4) is 0 Å². The van der Waals surface area contributed by atoms with Gasteiger partial charge in [0.15, 0.2) is 23.0 Å². The molecule has 0 aliphatic carbocycles. The fourth-order valence-electron chi connectivity index (χ4n) is 3.66. The predicted octanol–water partition coefficient (Wildman–Crippen LogP) is 3.78. The smallest absolute Gasteiger partial charge is 0.210 e. The minimum Gasteiger partial charge on any atom is -0.493 e. The van der Waals surface area contributed by atoms with E-state index >= 15 is 0 Å². The van der Waals surface area contributed by atoms with Crippen LogP contribution in [0.2, 0.25) is 0 Å². The molecule has 0 radical (unpaired) electrons. The maximum absolute atomic E-state index is 11.8. The molecule has 2 aromatic rings. The third kappa shape index (κ3) is 3.76. The van der Waals surface area contributed by atoms with Crippen LogP contribution in [0.1, 0.15) is 22.7 Å². The minimum atomic E-state index is -0.115. The number of nitrogens with zero attached hydrogens (tertiary/aromatic N) is 1. The van der Waals surface area contributed by atoms with Gasteiger partial charge in [-0.2, -0.15) is 0 Å². The Bertz CT molecular complexity index is 870. The van der Waals surface area contributed by atoms with Crippen molar-refractivity contribution in [3.63, 3.8) is 0 Å². The van der Waals surface area contributed by atoms with Crippen LogP contribution in [-0.2, 0) is 17.6 Å². The Morgan fingerprint density at radius 2 is 1.54 bits per heavy atom. The van der Waals surface area contributed by atoms with Crippen molar-refractivity contribution in [2.45, 2.75) is 18.9 Å². The largest absolute Gasteiger partial charge is 0.493 e. The van der Waals surface area contributed by atoms with Crippen molar-refractivity contribution >= 4 is 22.3 Å². The lowest BCUT2D eigenvalue weighted by atomic mass is 9.88. The van der Waals surface area contributed by atoms with Crippen LogP contribution in [0.5, 0.6) is 23.0 Å². The van der Waals surface area contributed by atoms with Crippen molar-refractivity contribution in [1.29, 1.82) is 0 Å². The molecule has 1 aliphatic rings. The van der Waals surface area contributed by atoms with E-state index in [4.69, 9.17) is 18.9 Å². The maximum Gasteiger partial charge on any atom is 0.210 e. The standard InChI is InChI=1S/C21H24BrNO5/c1-25-18-8-13-5-6-23(12-24)17(15(13)10-20(18)27-3)7-14-9-19(26-2)21(28-4)11-16(14)22/h8-12,17H,5-7H2,1-4H3/t17-/m0/s1. The van der Waals surface area contributed by atoms with E-state index in [1.165, 1.54) is 0 Å². The topological polar surface area (TPSA) is 57.2 Å². The normalized spacial score (nSPS) is 15.6. The van der Waals surface area contributed by atoms with Crippen LogP contribution in [-0.4, -0.2) is 46.3 Å². The summed E-state index contributed by atoms with van der Waals surface area (Å²) >= 11 is 3.62. The summed E-state index contributed by atoms with van der Waals surface area (Å²) in [5.74, 6) is 2.67. The fourth-order valence-corrected chi connectivity index (χ4v) is 4.15. The van der Waals surface area contributed by atoms with Gasteiger partial charge in [0.25, 0.3) is 0 Å². The SMILES string of the molecule is COc1cc(Br)c(C[C@H]2c3cc(OC)c(OC)cc3CCN2C=O)cc1OC. The van der Waals surface area contributed by atoms with Crippen LogP contribution < -0.4 is 18.9 Å². The summed E-state index contributed by atoms with van der Waals surface area (Å²) in [6, 6.07) is 7.70. The van der Waals surface area contributed by atoms with E-state index in [1.807, 2.05) is 29.2 Å². The van der Waals surface area contributed by atoms with Crippen LogP contribution in [0.15, 0.2) is 28.7 Å². The first-order chi connectivity index (χ1) is 13.6. The molecule has 150 valence electrons. The Balaban J connectivity index is 2.05. The first-order valence-electron chi connectivity index (χ1n) is 8.92. The third-order valence-electron chi connectivity index (χ3n) is 5.15. The van der Waals surface area contributed by atoms with E-state index in [0.29, 0.717) is 36.0 Å². The molecule has 3 rings (SSSR count). The molecule has 0 spiro atoms. The first-order valence-corrected chi connectivity index (χ1v) is 9.71. The van der Waals surface area contributed by atoms with Gasteiger partial charge >= 0.3 is 0 Å². The molecule has 28 heavy (non-hydrogen) atoms. The highest BCUT2D eigenvalue weighted by atomic mass is 79.9. The van der Waals surface area contributed by atoms with Gasteiger partial charge in [0.05, 0.1) is 34.5 Å². The Hall–Kier alpha value is -2.41. The van der Waals surface area contributed by atoms with E-state index in [0.717, 1.165) is 34.0 Å². The second-order valence-electron chi connectivity index (χ2n) is 6.52. The number of halogens is 1. The van der Waals surface area contributed by atoms with Crippen LogP contribution in [0.25, 0.3) is 0 Å². The van der Waals surface area contributed by atoms with Crippen molar-refractivity contribution in [3.8, 4) is 23.0 Å². The molecule has 7 heteroatoms. The number of benzene rings is 2. The van der Waals surface area contributed by atoms with Gasteiger partial charge in [-0.15, -0.1) is 0 Å². The summed E-state index contributed by atoms with van der Waals surface area (Å²) < 4.78 is 22.6. The number of carbonyl (C=O) groups is 1. The summed E-state index contributed by atoms with van der Waals surface area (Å²) in [6.45, 7) is 0.654. The third-order valence-corrected chi connectivity index (χ3v) is 5.88. The number of carbonyl (C=O) groups excluding carboxylic acids is 1. The maximum atomic E-state index is 11.8. The number of methoxy groups -OCH3 is 4. The van der Waals surface area contributed by atoms with Gasteiger partial charge in [0, 0.05) is 11.0 Å². The summed E-state index contributed by atoms with van der Waals surface area (Å²) in [5, 5.41) is 0. The van der Waals surface area contributed by atoms with Gasteiger partial charge in [-0.3, -0.25) is 4.79 Å². The number of amides is 1. The zero-order chi connectivity index (χ0) is 20.3. The van der Waals surface area contributed by atoms with Crippen LogP contribution in [0.4, 0.5) is 0 Å². The molecule has 0 unspecified atom stereocenters. The lowest BCUT2D eigenvalue weighted by Crippen LogP contribution is -2.35. The summed E-state index contributed by atoms with van der Waals surface area (Å²) in [6.07, 6.45) is 2.32. The van der Waals surface area contributed by atoms with Crippen molar-refractivity contribution < 1.29 is 23.7 Å². The molecule has 1 heterocycles. The zero-order valence-corrected chi connectivity index (χ0v) is 18.0. The van der Waals surface area contributed by atoms with Crippen molar-refractivity contribution in [2.75, 3.05) is 35.0 Å². The molecule has 0 saturated heterocycles. The Morgan fingerprint density at radius 3 is 2.14 bits per heavy atom. The van der Waals surface area contributed by atoms with Crippen molar-refractivity contribution in [3.05, 3.63) is 45.4 Å². The quantitative estimate of drug-likeness (QED) is 0.601. The number of hydrogen-bond acceptors (Lipinski definition) is 5. The summed E-state index contributed by atoms with van der Waals surface area (Å²) in [7, 11) is 6.46. The molecule has 6 nitrogen and oxygen atoms in total. The monoisotopic (exact) mass is 449 g/mol. The molecule has 1 amide bonds. The van der Waals surface area contributed by atoms with Crippen LogP contribution >= 0.6 is 15.9 Å². The number of fused-ring (bicyclic) bond motifs is 1. The molecule has 1 atom stereocenters. The lowest BCUT2D eigenvalue weighted by Gasteiger charge is -2.35. The van der Waals surface area contributed by atoms with Gasteiger partial charge in [0.2, 0.25) is 6.41 Å². The van der Waals surface area contributed by atoms with E-state index in [-0.39, 0.29) is 6.04 Å². The molecule has 1 aliphatic heterocycles. The molecular weight excluding hydrogens is 426 g/mol. The average molecular weight is 450 g/mol. The van der Waals surface area contributed by atoms with E-state index in [1.54, 1.807) is 28.4 Å². The van der Waals surface area contributed by atoms with E-state index in [9.17, 15) is 4.79 Å². The molecule has 0 aromatic heterocycles. The highest BCUT2D eigenvalue weighted by Crippen LogP contribution is 2.41. The van der Waals surface area contributed by atoms with Gasteiger partial charge < -0.3 is 23.8 Å². The minimum absolute atomic E-state index is 0.115. The highest BCUT2D eigenvalue weighted by Gasteiger charge is 2.29. The van der Waals surface area contributed by atoms with Gasteiger partial charge in [-0.25, -0.2) is 0 Å². The molecule has 0 fully saturated rings. The number of rotatable bonds is 7. The predicted molar refractivity (Wildman–Crippen MR) is 110 cm³/mol. The molecular formula is C21H24BrNO5. The van der Waals surface area contributed by atoms with E-state index in [2.05, 4.69) is 15.9 Å². The molecule has 2 aromatic carbocycles. The lowest BCUT2D eigenvalue weighted by molar-refractivity contribution is -0.120. The van der Waals surface area contributed by atoms with Gasteiger partial charge in [0.1, 0.15) is 0 Å². The van der Waals surface area contributed by atoms with Gasteiger partial charge in [-0.1, -0.05) is 15.9 Å². The average Bonchev–Trinajstić information content (AvgIpc) is 2.73. The summed E-state index contributed by atoms with van der Waals surface area (Å²) in [5.41, 5.74) is 3.26. The second kappa shape index (κ2) is 8.73. The molecule has 0 saturated carbocycles. The Labute approximate surface area is 173 Å². The van der Waals surface area contributed by atoms with Crippen molar-refractivity contribution in [1.82, 2.24) is 4.90 Å².